The van der Waals surface area contributed by atoms with E-state index >= 15 is 0 Å². The molecular weight excluding hydrogens is 244 g/mol. The molecule has 1 aromatic rings. The van der Waals surface area contributed by atoms with Crippen molar-refractivity contribution in [3.63, 3.8) is 0 Å². The number of halogens is 3. The minimum atomic E-state index is -5.01. The maximum absolute atomic E-state index is 12.6. The Morgan fingerprint density at radius 1 is 0.944 bits per heavy atom. The van der Waals surface area contributed by atoms with E-state index in [4.69, 9.17) is 9.47 Å². The Morgan fingerprint density at radius 2 is 1.50 bits per heavy atom. The van der Waals surface area contributed by atoms with Gasteiger partial charge >= 0.3 is 6.98 Å². The predicted octanol–water partition coefficient (Wildman–Crippen LogP) is 3.32. The summed E-state index contributed by atoms with van der Waals surface area (Å²) in [5.41, 5.74) is -0.662. The van der Waals surface area contributed by atoms with E-state index in [1.54, 1.807) is 0 Å². The average molecular weight is 261 g/mol. The molecule has 0 atom stereocenters. The zero-order valence-corrected chi connectivity index (χ0v) is 10.6. The molecule has 6 heteroatoms. The molecule has 0 saturated carbocycles. The van der Waals surface area contributed by atoms with Crippen LogP contribution in [0.2, 0.25) is 0 Å². The zero-order chi connectivity index (χ0) is 13.6. The smallest absolute Gasteiger partial charge is 0.490 e. The fourth-order valence-corrected chi connectivity index (χ4v) is 1.38. The van der Waals surface area contributed by atoms with Gasteiger partial charge in [-0.25, -0.2) is 0 Å². The van der Waals surface area contributed by atoms with Gasteiger partial charge in [0.25, 0.3) is 0 Å². The SMILES string of the molecule is CCCOc1ccc([B-](F)(F)F)cc1OCCC. The molecule has 1 aromatic carbocycles. The van der Waals surface area contributed by atoms with Crippen LogP contribution in [0.4, 0.5) is 12.9 Å². The Labute approximate surface area is 105 Å². The quantitative estimate of drug-likeness (QED) is 0.701. The Kier molecular flexibility index (Phi) is 5.37. The highest BCUT2D eigenvalue weighted by molar-refractivity contribution is 6.73. The van der Waals surface area contributed by atoms with Gasteiger partial charge in [-0.2, -0.15) is 0 Å². The van der Waals surface area contributed by atoms with Gasteiger partial charge in [-0.1, -0.05) is 19.9 Å². The van der Waals surface area contributed by atoms with Gasteiger partial charge in [0.05, 0.1) is 13.2 Å². The normalized spacial score (nSPS) is 11.4. The summed E-state index contributed by atoms with van der Waals surface area (Å²) in [5, 5.41) is 0. The van der Waals surface area contributed by atoms with Crippen molar-refractivity contribution in [1.82, 2.24) is 0 Å². The summed E-state index contributed by atoms with van der Waals surface area (Å²) in [4.78, 5) is 0. The molecule has 0 saturated heterocycles. The minimum Gasteiger partial charge on any atom is -0.490 e. The van der Waals surface area contributed by atoms with Gasteiger partial charge in [0.1, 0.15) is 0 Å². The first-order chi connectivity index (χ1) is 8.49. The second-order valence-electron chi connectivity index (χ2n) is 3.98. The first-order valence-electron chi connectivity index (χ1n) is 6.08. The first kappa shape index (κ1) is 14.7. The molecular formula is C12H17BF3O2-. The lowest BCUT2D eigenvalue weighted by Gasteiger charge is -2.18. The van der Waals surface area contributed by atoms with Crippen LogP contribution in [0.1, 0.15) is 26.7 Å². The summed E-state index contributed by atoms with van der Waals surface area (Å²) in [7, 11) is 0. The summed E-state index contributed by atoms with van der Waals surface area (Å²) in [5.74, 6) is 0.538. The predicted molar refractivity (Wildman–Crippen MR) is 66.7 cm³/mol. The molecule has 0 unspecified atom stereocenters. The van der Waals surface area contributed by atoms with Gasteiger partial charge in [0.2, 0.25) is 0 Å². The van der Waals surface area contributed by atoms with E-state index < -0.39 is 12.4 Å². The number of hydrogen-bond donors (Lipinski definition) is 0. The molecule has 2 nitrogen and oxygen atoms in total. The highest BCUT2D eigenvalue weighted by atomic mass is 19.4. The van der Waals surface area contributed by atoms with Gasteiger partial charge in [0.15, 0.2) is 11.5 Å². The third-order valence-corrected chi connectivity index (χ3v) is 2.27. The monoisotopic (exact) mass is 261 g/mol. The molecule has 0 amide bonds. The van der Waals surface area contributed by atoms with Crippen molar-refractivity contribution in [2.45, 2.75) is 26.7 Å². The molecule has 0 radical (unpaired) electrons. The molecule has 0 fully saturated rings. The van der Waals surface area contributed by atoms with Crippen LogP contribution in [-0.4, -0.2) is 20.2 Å². The van der Waals surface area contributed by atoms with Crippen LogP contribution in [0.25, 0.3) is 0 Å². The Hall–Kier alpha value is -1.33. The third-order valence-electron chi connectivity index (χ3n) is 2.27. The van der Waals surface area contributed by atoms with Crippen LogP contribution >= 0.6 is 0 Å². The molecule has 1 rings (SSSR count). The summed E-state index contributed by atoms with van der Waals surface area (Å²) in [6.45, 7) is -0.357. The molecule has 0 aromatic heterocycles. The van der Waals surface area contributed by atoms with Crippen LogP contribution < -0.4 is 14.9 Å². The molecule has 0 N–H and O–H groups in total. The number of ether oxygens (including phenoxy) is 2. The maximum Gasteiger partial charge on any atom is 0.509 e. The van der Waals surface area contributed by atoms with Crippen molar-refractivity contribution in [3.8, 4) is 11.5 Å². The van der Waals surface area contributed by atoms with E-state index in [1.807, 2.05) is 13.8 Å². The number of hydrogen-bond acceptors (Lipinski definition) is 2. The molecule has 0 aliphatic rings. The van der Waals surface area contributed by atoms with Crippen molar-refractivity contribution >= 4 is 12.4 Å². The second kappa shape index (κ2) is 6.57. The van der Waals surface area contributed by atoms with Gasteiger partial charge in [0, 0.05) is 0 Å². The molecule has 0 bridgehead atoms. The summed E-state index contributed by atoms with van der Waals surface area (Å²) < 4.78 is 48.6. The van der Waals surface area contributed by atoms with Crippen LogP contribution in [0.3, 0.4) is 0 Å². The van der Waals surface area contributed by atoms with Crippen molar-refractivity contribution in [3.05, 3.63) is 18.2 Å². The second-order valence-corrected chi connectivity index (χ2v) is 3.98. The first-order valence-corrected chi connectivity index (χ1v) is 6.08. The van der Waals surface area contributed by atoms with Gasteiger partial charge in [-0.05, 0) is 25.0 Å². The van der Waals surface area contributed by atoms with Crippen LogP contribution in [0.15, 0.2) is 18.2 Å². The largest absolute Gasteiger partial charge is 0.509 e. The highest BCUT2D eigenvalue weighted by Gasteiger charge is 2.26. The minimum absolute atomic E-state index is 0.169. The molecule has 18 heavy (non-hydrogen) atoms. The van der Waals surface area contributed by atoms with Crippen molar-refractivity contribution in [2.75, 3.05) is 13.2 Å². The van der Waals surface area contributed by atoms with Crippen molar-refractivity contribution in [2.24, 2.45) is 0 Å². The molecule has 0 heterocycles. The molecule has 0 spiro atoms. The topological polar surface area (TPSA) is 18.5 Å². The number of benzene rings is 1. The van der Waals surface area contributed by atoms with Crippen LogP contribution in [-0.2, 0) is 0 Å². The maximum atomic E-state index is 12.6. The van der Waals surface area contributed by atoms with Gasteiger partial charge in [-0.3, -0.25) is 0 Å². The molecule has 0 aliphatic heterocycles. The van der Waals surface area contributed by atoms with Crippen molar-refractivity contribution < 1.29 is 22.4 Å². The van der Waals surface area contributed by atoms with E-state index in [0.29, 0.717) is 19.0 Å². The Morgan fingerprint density at radius 3 is 2.00 bits per heavy atom. The van der Waals surface area contributed by atoms with Crippen LogP contribution in [0, 0.1) is 0 Å². The zero-order valence-electron chi connectivity index (χ0n) is 10.6. The van der Waals surface area contributed by atoms with E-state index in [9.17, 15) is 12.9 Å². The fraction of sp³-hybridized carbons (Fsp3) is 0.500. The molecule has 0 aliphatic carbocycles. The average Bonchev–Trinajstić information content (AvgIpc) is 2.33. The summed E-state index contributed by atoms with van der Waals surface area (Å²) in [6, 6.07) is 3.37. The lowest BCUT2D eigenvalue weighted by atomic mass is 9.80. The molecule has 102 valence electrons. The van der Waals surface area contributed by atoms with Gasteiger partial charge < -0.3 is 22.4 Å². The lowest BCUT2D eigenvalue weighted by Crippen LogP contribution is -2.33. The highest BCUT2D eigenvalue weighted by Crippen LogP contribution is 2.27. The van der Waals surface area contributed by atoms with E-state index in [1.165, 1.54) is 6.07 Å². The van der Waals surface area contributed by atoms with Gasteiger partial charge in [-0.15, -0.1) is 5.46 Å². The van der Waals surface area contributed by atoms with E-state index in [2.05, 4.69) is 0 Å². The van der Waals surface area contributed by atoms with E-state index in [-0.39, 0.29) is 5.75 Å². The van der Waals surface area contributed by atoms with Crippen LogP contribution in [0.5, 0.6) is 11.5 Å². The summed E-state index contributed by atoms with van der Waals surface area (Å²) >= 11 is 0. The lowest BCUT2D eigenvalue weighted by molar-refractivity contribution is 0.268. The Bertz CT molecular complexity index is 380. The fourth-order valence-electron chi connectivity index (χ4n) is 1.38. The standard InChI is InChI=1S/C12H17BF3O2/c1-3-7-17-11-6-5-10(13(14,15)16)9-12(11)18-8-4-2/h5-6,9H,3-4,7-8H2,1-2H3/q-1. The van der Waals surface area contributed by atoms with Crippen molar-refractivity contribution in [1.29, 1.82) is 0 Å². The Balaban J connectivity index is 2.96. The van der Waals surface area contributed by atoms with E-state index in [0.717, 1.165) is 25.0 Å². The third kappa shape index (κ3) is 4.16. The number of rotatable bonds is 7. The summed E-state index contributed by atoms with van der Waals surface area (Å²) in [6.07, 6.45) is 1.52.